The molecule has 2 amide bonds. The number of rotatable bonds is 3. The van der Waals surface area contributed by atoms with Crippen LogP contribution in [0.1, 0.15) is 42.2 Å². The van der Waals surface area contributed by atoms with Gasteiger partial charge in [-0.3, -0.25) is 9.69 Å². The highest BCUT2D eigenvalue weighted by molar-refractivity contribution is 5.88. The number of ether oxygens (including phenoxy) is 2. The minimum atomic E-state index is -0.439. The number of methoxy groups -OCH3 is 2. The van der Waals surface area contributed by atoms with Crippen molar-refractivity contribution < 1.29 is 23.9 Å². The van der Waals surface area contributed by atoms with Crippen LogP contribution >= 0.6 is 0 Å². The van der Waals surface area contributed by atoms with Crippen molar-refractivity contribution in [1.29, 1.82) is 0 Å². The van der Waals surface area contributed by atoms with E-state index in [0.717, 1.165) is 19.3 Å². The number of amides is 2. The first-order valence-electron chi connectivity index (χ1n) is 8.95. The molecule has 0 saturated carbocycles. The number of esters is 1. The Morgan fingerprint density at radius 1 is 1.04 bits per heavy atom. The Hall–Kier alpha value is -2.51. The van der Waals surface area contributed by atoms with Crippen LogP contribution < -0.4 is 0 Å². The Balaban J connectivity index is 1.62. The van der Waals surface area contributed by atoms with Gasteiger partial charge in [0.05, 0.1) is 14.2 Å². The van der Waals surface area contributed by atoms with E-state index < -0.39 is 12.1 Å². The van der Waals surface area contributed by atoms with Gasteiger partial charge in [-0.15, -0.1) is 0 Å². The summed E-state index contributed by atoms with van der Waals surface area (Å²) in [6.45, 7) is 1.77. The zero-order valence-electron chi connectivity index (χ0n) is 15.2. The van der Waals surface area contributed by atoms with Crippen molar-refractivity contribution in [2.75, 3.05) is 33.9 Å². The van der Waals surface area contributed by atoms with Crippen LogP contribution in [-0.2, 0) is 14.3 Å². The maximum Gasteiger partial charge on any atom is 0.410 e. The SMILES string of the molecule is COC(=O)c1cccn1C1CCN(C(=O)C2CCCN2C(=O)OC)CC1. The molecule has 2 aliphatic rings. The molecule has 1 aromatic rings. The summed E-state index contributed by atoms with van der Waals surface area (Å²) in [4.78, 5) is 39.9. The molecule has 26 heavy (non-hydrogen) atoms. The molecule has 2 saturated heterocycles. The van der Waals surface area contributed by atoms with Crippen LogP contribution in [0.2, 0.25) is 0 Å². The number of hydrogen-bond acceptors (Lipinski definition) is 5. The number of carbonyl (C=O) groups excluding carboxylic acids is 3. The van der Waals surface area contributed by atoms with Gasteiger partial charge >= 0.3 is 12.1 Å². The van der Waals surface area contributed by atoms with Crippen molar-refractivity contribution in [2.45, 2.75) is 37.8 Å². The minimum Gasteiger partial charge on any atom is -0.464 e. The lowest BCUT2D eigenvalue weighted by Gasteiger charge is -2.36. The molecule has 0 bridgehead atoms. The van der Waals surface area contributed by atoms with Gasteiger partial charge in [-0.1, -0.05) is 0 Å². The number of nitrogens with zero attached hydrogens (tertiary/aromatic N) is 3. The summed E-state index contributed by atoms with van der Waals surface area (Å²) in [5.74, 6) is -0.361. The van der Waals surface area contributed by atoms with E-state index in [1.807, 2.05) is 21.7 Å². The molecule has 1 unspecified atom stereocenters. The molecule has 3 rings (SSSR count). The summed E-state index contributed by atoms with van der Waals surface area (Å²) in [7, 11) is 2.71. The molecule has 8 heteroatoms. The van der Waals surface area contributed by atoms with Crippen molar-refractivity contribution in [1.82, 2.24) is 14.4 Å². The van der Waals surface area contributed by atoms with E-state index in [0.29, 0.717) is 31.7 Å². The number of carbonyl (C=O) groups is 3. The first kappa shape index (κ1) is 18.3. The van der Waals surface area contributed by atoms with Gasteiger partial charge in [0.15, 0.2) is 0 Å². The lowest BCUT2D eigenvalue weighted by atomic mass is 10.0. The second-order valence-electron chi connectivity index (χ2n) is 6.67. The molecule has 8 nitrogen and oxygen atoms in total. The summed E-state index contributed by atoms with van der Waals surface area (Å²) in [6.07, 6.45) is 4.45. The topological polar surface area (TPSA) is 81.1 Å². The Bertz CT molecular complexity index is 678. The van der Waals surface area contributed by atoms with Crippen LogP contribution in [0.3, 0.4) is 0 Å². The van der Waals surface area contributed by atoms with Crippen LogP contribution in [0.15, 0.2) is 18.3 Å². The molecule has 0 aromatic carbocycles. The van der Waals surface area contributed by atoms with E-state index in [4.69, 9.17) is 9.47 Å². The Labute approximate surface area is 152 Å². The first-order chi connectivity index (χ1) is 12.6. The highest BCUT2D eigenvalue weighted by Crippen LogP contribution is 2.27. The van der Waals surface area contributed by atoms with Crippen molar-refractivity contribution in [3.8, 4) is 0 Å². The van der Waals surface area contributed by atoms with Crippen LogP contribution in [0, 0.1) is 0 Å². The highest BCUT2D eigenvalue weighted by Gasteiger charge is 2.38. The van der Waals surface area contributed by atoms with Crippen molar-refractivity contribution in [3.05, 3.63) is 24.0 Å². The van der Waals surface area contributed by atoms with Crippen molar-refractivity contribution >= 4 is 18.0 Å². The summed E-state index contributed by atoms with van der Waals surface area (Å²) in [5.41, 5.74) is 0.532. The molecular formula is C18H25N3O5. The summed E-state index contributed by atoms with van der Waals surface area (Å²) in [6, 6.07) is 3.31. The zero-order chi connectivity index (χ0) is 18.7. The molecular weight excluding hydrogens is 338 g/mol. The molecule has 2 aliphatic heterocycles. The fraction of sp³-hybridized carbons (Fsp3) is 0.611. The van der Waals surface area contributed by atoms with Gasteiger partial charge in [0.25, 0.3) is 0 Å². The monoisotopic (exact) mass is 363 g/mol. The smallest absolute Gasteiger partial charge is 0.410 e. The van der Waals surface area contributed by atoms with E-state index >= 15 is 0 Å². The van der Waals surface area contributed by atoms with Crippen LogP contribution in [0.25, 0.3) is 0 Å². The van der Waals surface area contributed by atoms with Gasteiger partial charge < -0.3 is 18.9 Å². The number of hydrogen-bond donors (Lipinski definition) is 0. The van der Waals surface area contributed by atoms with E-state index in [1.165, 1.54) is 19.1 Å². The van der Waals surface area contributed by atoms with E-state index in [1.54, 1.807) is 6.07 Å². The quantitative estimate of drug-likeness (QED) is 0.763. The van der Waals surface area contributed by atoms with Crippen molar-refractivity contribution in [3.63, 3.8) is 0 Å². The highest BCUT2D eigenvalue weighted by atomic mass is 16.5. The molecule has 0 spiro atoms. The minimum absolute atomic E-state index is 0.00736. The second kappa shape index (κ2) is 7.80. The second-order valence-corrected chi connectivity index (χ2v) is 6.67. The third-order valence-electron chi connectivity index (χ3n) is 5.29. The molecule has 1 aromatic heterocycles. The maximum absolute atomic E-state index is 12.8. The van der Waals surface area contributed by atoms with Crippen LogP contribution in [-0.4, -0.2) is 72.2 Å². The van der Waals surface area contributed by atoms with Gasteiger partial charge in [0, 0.05) is 31.9 Å². The largest absolute Gasteiger partial charge is 0.464 e. The maximum atomic E-state index is 12.8. The number of piperidine rings is 1. The van der Waals surface area contributed by atoms with Crippen LogP contribution in [0.4, 0.5) is 4.79 Å². The van der Waals surface area contributed by atoms with Crippen LogP contribution in [0.5, 0.6) is 0 Å². The zero-order valence-corrected chi connectivity index (χ0v) is 15.2. The van der Waals surface area contributed by atoms with Gasteiger partial charge in [0.1, 0.15) is 11.7 Å². The third-order valence-corrected chi connectivity index (χ3v) is 5.29. The summed E-state index contributed by atoms with van der Waals surface area (Å²) < 4.78 is 11.5. The van der Waals surface area contributed by atoms with E-state index in [9.17, 15) is 14.4 Å². The lowest BCUT2D eigenvalue weighted by Crippen LogP contribution is -2.50. The summed E-state index contributed by atoms with van der Waals surface area (Å²) >= 11 is 0. The Morgan fingerprint density at radius 2 is 1.77 bits per heavy atom. The van der Waals surface area contributed by atoms with Gasteiger partial charge in [-0.25, -0.2) is 9.59 Å². The molecule has 1 atom stereocenters. The number of likely N-dealkylation sites (tertiary alicyclic amines) is 2. The average Bonchev–Trinajstić information content (AvgIpc) is 3.35. The molecule has 0 radical (unpaired) electrons. The predicted octanol–water partition coefficient (Wildman–Crippen LogP) is 1.67. The third kappa shape index (κ3) is 3.40. The molecule has 2 fully saturated rings. The molecule has 3 heterocycles. The first-order valence-corrected chi connectivity index (χ1v) is 8.95. The lowest BCUT2D eigenvalue weighted by molar-refractivity contribution is -0.136. The van der Waals surface area contributed by atoms with Gasteiger partial charge in [0.2, 0.25) is 5.91 Å². The molecule has 0 aliphatic carbocycles. The fourth-order valence-corrected chi connectivity index (χ4v) is 3.92. The Kier molecular flexibility index (Phi) is 5.49. The van der Waals surface area contributed by atoms with E-state index in [-0.39, 0.29) is 17.9 Å². The average molecular weight is 363 g/mol. The van der Waals surface area contributed by atoms with Crippen molar-refractivity contribution in [2.24, 2.45) is 0 Å². The normalized spacial score (nSPS) is 20.9. The standard InChI is InChI=1S/C18H25N3O5/c1-25-17(23)15-6-4-9-20(15)13-7-11-19(12-8-13)16(22)14-5-3-10-21(14)18(24)26-2/h4,6,9,13-14H,3,5,7-8,10-12H2,1-2H3. The number of aromatic nitrogens is 1. The van der Waals surface area contributed by atoms with Gasteiger partial charge in [-0.2, -0.15) is 0 Å². The molecule has 0 N–H and O–H groups in total. The predicted molar refractivity (Wildman–Crippen MR) is 92.8 cm³/mol. The molecule has 142 valence electrons. The van der Waals surface area contributed by atoms with Gasteiger partial charge in [-0.05, 0) is 37.8 Å². The van der Waals surface area contributed by atoms with E-state index in [2.05, 4.69) is 0 Å². The summed E-state index contributed by atoms with van der Waals surface area (Å²) in [5, 5.41) is 0. The Morgan fingerprint density at radius 3 is 2.42 bits per heavy atom. The fourth-order valence-electron chi connectivity index (χ4n) is 3.92.